The van der Waals surface area contributed by atoms with Crippen molar-refractivity contribution in [1.82, 2.24) is 4.98 Å². The Hall–Kier alpha value is -3.63. The smallest absolute Gasteiger partial charge is 0.156 e. The number of aliphatic imine (C=N–C) groups is 1. The highest BCUT2D eigenvalue weighted by molar-refractivity contribution is 6.30. The fraction of sp³-hybridized carbons (Fsp3) is 0.111. The topological polar surface area (TPSA) is 43.7 Å². The number of rotatable bonds is 7. The number of hydrogen-bond donors (Lipinski definition) is 0. The van der Waals surface area contributed by atoms with Gasteiger partial charge in [0.25, 0.3) is 0 Å². The summed E-state index contributed by atoms with van der Waals surface area (Å²) >= 11 is 6.06. The average molecular weight is 443 g/mol. The van der Waals surface area contributed by atoms with E-state index in [4.69, 9.17) is 26.1 Å². The van der Waals surface area contributed by atoms with E-state index in [0.717, 1.165) is 28.1 Å². The fourth-order valence-corrected chi connectivity index (χ4v) is 3.52. The van der Waals surface area contributed by atoms with Crippen molar-refractivity contribution in [2.24, 2.45) is 4.99 Å². The van der Waals surface area contributed by atoms with Crippen molar-refractivity contribution < 1.29 is 9.47 Å². The van der Waals surface area contributed by atoms with Crippen LogP contribution in [0, 0.1) is 6.92 Å². The van der Waals surface area contributed by atoms with Crippen LogP contribution in [0.15, 0.2) is 96.0 Å². The maximum atomic E-state index is 6.06. The van der Waals surface area contributed by atoms with Gasteiger partial charge < -0.3 is 9.47 Å². The molecule has 160 valence electrons. The summed E-state index contributed by atoms with van der Waals surface area (Å²) < 4.78 is 11.5. The number of nitrogens with zero attached hydrogens (tertiary/aromatic N) is 2. The summed E-state index contributed by atoms with van der Waals surface area (Å²) in [7, 11) is 1.62. The van der Waals surface area contributed by atoms with Crippen LogP contribution < -0.4 is 9.47 Å². The lowest BCUT2D eigenvalue weighted by Crippen LogP contribution is -2.03. The summed E-state index contributed by atoms with van der Waals surface area (Å²) in [6.07, 6.45) is 0. The average Bonchev–Trinajstić information content (AvgIpc) is 2.82. The lowest BCUT2D eigenvalue weighted by molar-refractivity contribution is 0.296. The number of halogens is 1. The van der Waals surface area contributed by atoms with E-state index in [1.54, 1.807) is 13.2 Å². The van der Waals surface area contributed by atoms with Gasteiger partial charge in [-0.25, -0.2) is 9.98 Å². The van der Waals surface area contributed by atoms with Crippen LogP contribution in [-0.4, -0.2) is 17.8 Å². The van der Waals surface area contributed by atoms with Gasteiger partial charge >= 0.3 is 0 Å². The Morgan fingerprint density at radius 3 is 2.16 bits per heavy atom. The summed E-state index contributed by atoms with van der Waals surface area (Å²) in [4.78, 5) is 9.52. The molecule has 0 atom stereocenters. The van der Waals surface area contributed by atoms with Gasteiger partial charge in [0.1, 0.15) is 18.1 Å². The minimum absolute atomic E-state index is 0.344. The Morgan fingerprint density at radius 1 is 0.875 bits per heavy atom. The maximum absolute atomic E-state index is 6.06. The van der Waals surface area contributed by atoms with Gasteiger partial charge in [0, 0.05) is 39.5 Å². The van der Waals surface area contributed by atoms with E-state index in [2.05, 4.69) is 4.98 Å². The molecule has 1 aromatic heterocycles. The molecular weight excluding hydrogens is 420 g/mol. The Balaban J connectivity index is 1.66. The van der Waals surface area contributed by atoms with Gasteiger partial charge in [0.15, 0.2) is 5.82 Å². The van der Waals surface area contributed by atoms with Crippen LogP contribution in [0.2, 0.25) is 5.02 Å². The van der Waals surface area contributed by atoms with Crippen molar-refractivity contribution in [1.29, 1.82) is 0 Å². The van der Waals surface area contributed by atoms with Gasteiger partial charge in [0.05, 0.1) is 12.8 Å². The van der Waals surface area contributed by atoms with Crippen LogP contribution in [-0.2, 0) is 6.61 Å². The summed E-state index contributed by atoms with van der Waals surface area (Å²) in [5.74, 6) is 1.97. The van der Waals surface area contributed by atoms with Gasteiger partial charge in [-0.05, 0) is 19.1 Å². The number of ether oxygens (including phenoxy) is 2. The van der Waals surface area contributed by atoms with E-state index in [9.17, 15) is 0 Å². The first kappa shape index (κ1) is 21.6. The molecule has 0 saturated heterocycles. The molecular formula is C27H23ClN2O2. The highest BCUT2D eigenvalue weighted by atomic mass is 35.5. The van der Waals surface area contributed by atoms with Gasteiger partial charge in [-0.15, -0.1) is 0 Å². The van der Waals surface area contributed by atoms with Crippen LogP contribution in [0.1, 0.15) is 22.4 Å². The van der Waals surface area contributed by atoms with Crippen LogP contribution in [0.25, 0.3) is 0 Å². The highest BCUT2D eigenvalue weighted by Gasteiger charge is 2.10. The Bertz CT molecular complexity index is 1180. The predicted molar refractivity (Wildman–Crippen MR) is 129 cm³/mol. The molecule has 4 nitrogen and oxygen atoms in total. The van der Waals surface area contributed by atoms with E-state index in [1.807, 2.05) is 91.9 Å². The first-order valence-corrected chi connectivity index (χ1v) is 10.6. The second kappa shape index (κ2) is 10.1. The van der Waals surface area contributed by atoms with Crippen LogP contribution >= 0.6 is 11.6 Å². The minimum Gasteiger partial charge on any atom is -0.496 e. The zero-order valence-corrected chi connectivity index (χ0v) is 18.7. The van der Waals surface area contributed by atoms with Gasteiger partial charge in [-0.2, -0.15) is 0 Å². The van der Waals surface area contributed by atoms with Crippen molar-refractivity contribution in [2.45, 2.75) is 13.5 Å². The number of pyridine rings is 1. The number of aryl methyl sites for hydroxylation is 1. The third-order valence-electron chi connectivity index (χ3n) is 4.88. The molecule has 4 aromatic rings. The van der Waals surface area contributed by atoms with Crippen LogP contribution in [0.4, 0.5) is 5.82 Å². The molecule has 0 aliphatic carbocycles. The van der Waals surface area contributed by atoms with E-state index in [-0.39, 0.29) is 0 Å². The molecule has 0 saturated carbocycles. The summed E-state index contributed by atoms with van der Waals surface area (Å²) in [6.45, 7) is 2.27. The SMILES string of the molecule is COc1cc(Cl)ccc1COc1cc(C)nc(N=C(c2ccccc2)c2ccccc2)c1. The predicted octanol–water partition coefficient (Wildman–Crippen LogP) is 6.80. The maximum Gasteiger partial charge on any atom is 0.156 e. The summed E-state index contributed by atoms with van der Waals surface area (Å²) in [6, 6.07) is 29.4. The second-order valence-electron chi connectivity index (χ2n) is 7.24. The summed E-state index contributed by atoms with van der Waals surface area (Å²) in [5.41, 5.74) is 4.64. The molecule has 0 unspecified atom stereocenters. The summed E-state index contributed by atoms with van der Waals surface area (Å²) in [5, 5.41) is 0.622. The largest absolute Gasteiger partial charge is 0.496 e. The quantitative estimate of drug-likeness (QED) is 0.295. The van der Waals surface area contributed by atoms with Crippen LogP contribution in [0.3, 0.4) is 0 Å². The van der Waals surface area contributed by atoms with Gasteiger partial charge in [-0.3, -0.25) is 0 Å². The first-order valence-electron chi connectivity index (χ1n) is 10.3. The number of benzene rings is 3. The monoisotopic (exact) mass is 442 g/mol. The van der Waals surface area contributed by atoms with E-state index < -0.39 is 0 Å². The normalized spacial score (nSPS) is 10.5. The molecule has 0 radical (unpaired) electrons. The molecule has 0 aliphatic heterocycles. The molecule has 5 heteroatoms. The van der Waals surface area contributed by atoms with Crippen molar-refractivity contribution in [3.05, 3.63) is 118 Å². The standard InChI is InChI=1S/C27H23ClN2O2/c1-19-15-24(32-18-22-13-14-23(28)16-25(22)31-2)17-26(29-19)30-27(20-9-5-3-6-10-20)21-11-7-4-8-12-21/h3-17H,18H2,1-2H3. The number of methoxy groups -OCH3 is 1. The minimum atomic E-state index is 0.344. The zero-order valence-electron chi connectivity index (χ0n) is 18.0. The van der Waals surface area contributed by atoms with Crippen molar-refractivity contribution >= 4 is 23.1 Å². The molecule has 0 spiro atoms. The first-order chi connectivity index (χ1) is 15.6. The molecule has 0 N–H and O–H groups in total. The van der Waals surface area contributed by atoms with Crippen molar-refractivity contribution in [2.75, 3.05) is 7.11 Å². The van der Waals surface area contributed by atoms with E-state index in [0.29, 0.717) is 28.9 Å². The molecule has 32 heavy (non-hydrogen) atoms. The van der Waals surface area contributed by atoms with Gasteiger partial charge in [-0.1, -0.05) is 78.3 Å². The van der Waals surface area contributed by atoms with E-state index >= 15 is 0 Å². The van der Waals surface area contributed by atoms with Gasteiger partial charge in [0.2, 0.25) is 0 Å². The van der Waals surface area contributed by atoms with Crippen molar-refractivity contribution in [3.63, 3.8) is 0 Å². The zero-order chi connectivity index (χ0) is 22.3. The molecule has 4 rings (SSSR count). The third-order valence-corrected chi connectivity index (χ3v) is 5.11. The number of hydrogen-bond acceptors (Lipinski definition) is 4. The molecule has 1 heterocycles. The number of aromatic nitrogens is 1. The Morgan fingerprint density at radius 2 is 1.53 bits per heavy atom. The third kappa shape index (κ3) is 5.34. The Kier molecular flexibility index (Phi) is 6.83. The molecule has 0 bridgehead atoms. The molecule has 3 aromatic carbocycles. The lowest BCUT2D eigenvalue weighted by atomic mass is 10.0. The lowest BCUT2D eigenvalue weighted by Gasteiger charge is -2.12. The highest BCUT2D eigenvalue weighted by Crippen LogP contribution is 2.27. The Labute approximate surface area is 193 Å². The van der Waals surface area contributed by atoms with Crippen LogP contribution in [0.5, 0.6) is 11.5 Å². The second-order valence-corrected chi connectivity index (χ2v) is 7.68. The van der Waals surface area contributed by atoms with E-state index in [1.165, 1.54) is 0 Å². The fourth-order valence-electron chi connectivity index (χ4n) is 3.36. The molecule has 0 aliphatic rings. The van der Waals surface area contributed by atoms with Crippen molar-refractivity contribution in [3.8, 4) is 11.5 Å². The molecule has 0 fully saturated rings. The molecule has 0 amide bonds.